The molecule has 1 unspecified atom stereocenters. The Bertz CT molecular complexity index is 925. The van der Waals surface area contributed by atoms with E-state index < -0.39 is 23.8 Å². The smallest absolute Gasteiger partial charge is 0.322 e. The first-order valence-corrected chi connectivity index (χ1v) is 8.72. The molecule has 2 atom stereocenters. The number of hydrogen-bond donors (Lipinski definition) is 2. The quantitative estimate of drug-likeness (QED) is 0.540. The Balaban J connectivity index is 1.66. The van der Waals surface area contributed by atoms with E-state index in [9.17, 15) is 18.7 Å². The molecule has 0 saturated carbocycles. The fraction of sp³-hybridized carbons (Fsp3) is 0.294. The van der Waals surface area contributed by atoms with Gasteiger partial charge in [0.1, 0.15) is 11.6 Å². The lowest BCUT2D eigenvalue weighted by Crippen LogP contribution is -2.44. The van der Waals surface area contributed by atoms with Crippen LogP contribution < -0.4 is 5.32 Å². The number of nitrogens with zero attached hydrogens (tertiary/aromatic N) is 2. The molecular formula is C17H13Cl2F2N3O2. The molecule has 136 valence electrons. The van der Waals surface area contributed by atoms with E-state index in [-0.39, 0.29) is 33.9 Å². The zero-order valence-corrected chi connectivity index (χ0v) is 14.8. The van der Waals surface area contributed by atoms with Crippen molar-refractivity contribution in [2.24, 2.45) is 0 Å². The number of fused-ring (bicyclic) bond motifs is 4. The molecule has 2 N–H and O–H groups in total. The molecular weight excluding hydrogens is 387 g/mol. The minimum absolute atomic E-state index is 0.0435. The van der Waals surface area contributed by atoms with Crippen LogP contribution in [0.25, 0.3) is 0 Å². The Morgan fingerprint density at radius 1 is 1.27 bits per heavy atom. The van der Waals surface area contributed by atoms with Gasteiger partial charge in [-0.2, -0.15) is 4.39 Å². The number of nitrogens with one attached hydrogen (secondary N) is 1. The summed E-state index contributed by atoms with van der Waals surface area (Å²) in [7, 11) is 0. The molecule has 2 aliphatic rings. The van der Waals surface area contributed by atoms with Crippen molar-refractivity contribution in [2.45, 2.75) is 31.3 Å². The zero-order valence-electron chi connectivity index (χ0n) is 13.3. The highest BCUT2D eigenvalue weighted by atomic mass is 35.5. The molecule has 9 heteroatoms. The Labute approximate surface area is 157 Å². The summed E-state index contributed by atoms with van der Waals surface area (Å²) in [5, 5.41) is 12.8. The molecule has 1 aromatic heterocycles. The number of rotatable bonds is 1. The number of pyridine rings is 1. The van der Waals surface area contributed by atoms with Crippen molar-refractivity contribution in [2.75, 3.05) is 5.32 Å². The highest BCUT2D eigenvalue weighted by Gasteiger charge is 2.45. The lowest BCUT2D eigenvalue weighted by Gasteiger charge is -2.36. The van der Waals surface area contributed by atoms with Crippen LogP contribution in [0.3, 0.4) is 0 Å². The third-order valence-corrected chi connectivity index (χ3v) is 5.63. The van der Waals surface area contributed by atoms with Gasteiger partial charge >= 0.3 is 6.03 Å². The van der Waals surface area contributed by atoms with Gasteiger partial charge in [-0.15, -0.1) is 0 Å². The van der Waals surface area contributed by atoms with Gasteiger partial charge in [-0.1, -0.05) is 23.2 Å². The molecule has 4 rings (SSSR count). The number of halogens is 4. The highest BCUT2D eigenvalue weighted by molar-refractivity contribution is 6.42. The standard InChI is InChI=1S/C17H13Cl2F2N3O2/c18-9-4-11(20)12(5-10(9)19)23-17(26)24-7-1-2-13(24)15-8(3-7)16(21)22-6-14(15)25/h4-7,13,25H,1-3H2,(H,23,26)/t7-,13?/m0/s1. The molecule has 2 bridgehead atoms. The van der Waals surface area contributed by atoms with E-state index in [1.807, 2.05) is 0 Å². The number of carbonyl (C=O) groups excluding carboxylic acids is 1. The molecule has 1 saturated heterocycles. The zero-order chi connectivity index (χ0) is 18.6. The number of hydrogen-bond acceptors (Lipinski definition) is 3. The van der Waals surface area contributed by atoms with Crippen molar-refractivity contribution >= 4 is 34.9 Å². The second-order valence-electron chi connectivity index (χ2n) is 6.36. The van der Waals surface area contributed by atoms with E-state index in [1.54, 1.807) is 0 Å². The van der Waals surface area contributed by atoms with Gasteiger partial charge in [-0.3, -0.25) is 0 Å². The van der Waals surface area contributed by atoms with E-state index in [4.69, 9.17) is 23.2 Å². The lowest BCUT2D eigenvalue weighted by molar-refractivity contribution is 0.176. The molecule has 2 aliphatic heterocycles. The molecule has 3 heterocycles. The van der Waals surface area contributed by atoms with Crippen LogP contribution in [0.4, 0.5) is 19.3 Å². The second-order valence-corrected chi connectivity index (χ2v) is 7.18. The molecule has 1 fully saturated rings. The van der Waals surface area contributed by atoms with Crippen molar-refractivity contribution in [1.29, 1.82) is 0 Å². The predicted molar refractivity (Wildman–Crippen MR) is 92.6 cm³/mol. The summed E-state index contributed by atoms with van der Waals surface area (Å²) < 4.78 is 28.1. The fourth-order valence-corrected chi connectivity index (χ4v) is 4.12. The number of urea groups is 1. The maximum atomic E-state index is 14.0. The summed E-state index contributed by atoms with van der Waals surface area (Å²) in [5.74, 6) is -1.49. The van der Waals surface area contributed by atoms with Crippen molar-refractivity contribution in [1.82, 2.24) is 9.88 Å². The van der Waals surface area contributed by atoms with Crippen LogP contribution >= 0.6 is 23.2 Å². The summed E-state index contributed by atoms with van der Waals surface area (Å²) in [6.45, 7) is 0. The van der Waals surface area contributed by atoms with Crippen LogP contribution in [0.2, 0.25) is 10.0 Å². The highest BCUT2D eigenvalue weighted by Crippen LogP contribution is 2.47. The van der Waals surface area contributed by atoms with Crippen LogP contribution in [-0.4, -0.2) is 27.1 Å². The molecule has 2 amide bonds. The molecule has 0 aliphatic carbocycles. The maximum absolute atomic E-state index is 14.0. The van der Waals surface area contributed by atoms with Crippen LogP contribution in [-0.2, 0) is 6.42 Å². The summed E-state index contributed by atoms with van der Waals surface area (Å²) >= 11 is 11.6. The number of benzene rings is 1. The van der Waals surface area contributed by atoms with Crippen molar-refractivity contribution in [3.8, 4) is 5.75 Å². The molecule has 2 aromatic rings. The van der Waals surface area contributed by atoms with Crippen molar-refractivity contribution in [3.63, 3.8) is 0 Å². The normalized spacial score (nSPS) is 20.8. The Morgan fingerprint density at radius 2 is 2.00 bits per heavy atom. The molecule has 0 radical (unpaired) electrons. The summed E-state index contributed by atoms with van der Waals surface area (Å²) in [5.41, 5.74) is 0.609. The predicted octanol–water partition coefficient (Wildman–Crippen LogP) is 4.67. The SMILES string of the molecule is O=C(Nc1cc(Cl)c(Cl)cc1F)N1C2CC[C@H]1Cc1c(F)ncc(O)c12. The average molecular weight is 400 g/mol. The molecule has 1 aromatic carbocycles. The fourth-order valence-electron chi connectivity index (χ4n) is 3.80. The van der Waals surface area contributed by atoms with Crippen molar-refractivity contribution in [3.05, 3.63) is 51.3 Å². The van der Waals surface area contributed by atoms with Gasteiger partial charge in [0.15, 0.2) is 0 Å². The van der Waals surface area contributed by atoms with Crippen LogP contribution in [0.5, 0.6) is 5.75 Å². The van der Waals surface area contributed by atoms with Crippen molar-refractivity contribution < 1.29 is 18.7 Å². The molecule has 0 spiro atoms. The van der Waals surface area contributed by atoms with Gasteiger partial charge in [0.05, 0.1) is 28.0 Å². The maximum Gasteiger partial charge on any atom is 0.322 e. The third-order valence-electron chi connectivity index (χ3n) is 4.91. The van der Waals surface area contributed by atoms with E-state index in [0.29, 0.717) is 24.0 Å². The molecule has 5 nitrogen and oxygen atoms in total. The summed E-state index contributed by atoms with van der Waals surface area (Å²) in [6.07, 6.45) is 2.51. The number of aromatic nitrogens is 1. The van der Waals surface area contributed by atoms with E-state index >= 15 is 0 Å². The number of carbonyl (C=O) groups is 1. The van der Waals surface area contributed by atoms with Gasteiger partial charge < -0.3 is 15.3 Å². The Kier molecular flexibility index (Phi) is 4.16. The number of amides is 2. The van der Waals surface area contributed by atoms with E-state index in [1.165, 1.54) is 11.0 Å². The van der Waals surface area contributed by atoms with Gasteiger partial charge in [-0.05, 0) is 31.4 Å². The van der Waals surface area contributed by atoms with Crippen LogP contribution in [0.15, 0.2) is 18.3 Å². The minimum Gasteiger partial charge on any atom is -0.506 e. The van der Waals surface area contributed by atoms with E-state index in [0.717, 1.165) is 12.3 Å². The first-order valence-electron chi connectivity index (χ1n) is 7.97. The summed E-state index contributed by atoms with van der Waals surface area (Å²) in [6, 6.07) is 0.963. The number of anilines is 1. The minimum atomic E-state index is -0.712. The van der Waals surface area contributed by atoms with E-state index in [2.05, 4.69) is 10.3 Å². The largest absolute Gasteiger partial charge is 0.506 e. The van der Waals surface area contributed by atoms with Gasteiger partial charge in [-0.25, -0.2) is 14.2 Å². The first kappa shape index (κ1) is 17.3. The topological polar surface area (TPSA) is 65.5 Å². The van der Waals surface area contributed by atoms with Gasteiger partial charge in [0, 0.05) is 17.2 Å². The van der Waals surface area contributed by atoms with Gasteiger partial charge in [0.2, 0.25) is 5.95 Å². The summed E-state index contributed by atoms with van der Waals surface area (Å²) in [4.78, 5) is 17.8. The number of aromatic hydroxyl groups is 1. The lowest BCUT2D eigenvalue weighted by atomic mass is 9.94. The monoisotopic (exact) mass is 399 g/mol. The second kappa shape index (κ2) is 6.25. The van der Waals surface area contributed by atoms with Crippen LogP contribution in [0, 0.1) is 11.8 Å². The average Bonchev–Trinajstić information content (AvgIpc) is 2.89. The Hall–Kier alpha value is -2.12. The first-order chi connectivity index (χ1) is 12.4. The third kappa shape index (κ3) is 2.66. The van der Waals surface area contributed by atoms with Gasteiger partial charge in [0.25, 0.3) is 0 Å². The molecule has 26 heavy (non-hydrogen) atoms. The Morgan fingerprint density at radius 3 is 2.77 bits per heavy atom. The van der Waals surface area contributed by atoms with Crippen LogP contribution in [0.1, 0.15) is 30.0 Å².